The van der Waals surface area contributed by atoms with Crippen molar-refractivity contribution in [2.45, 2.75) is 56.2 Å². The van der Waals surface area contributed by atoms with Gasteiger partial charge in [0, 0.05) is 12.0 Å². The molecule has 1 aromatic rings. The molecule has 21 heavy (non-hydrogen) atoms. The number of ether oxygens (including phenoxy) is 1. The Morgan fingerprint density at radius 3 is 2.48 bits per heavy atom. The number of benzene rings is 1. The minimum atomic E-state index is -4.28. The summed E-state index contributed by atoms with van der Waals surface area (Å²) in [7, 11) is 0. The number of alkyl halides is 4. The maximum atomic E-state index is 12.5. The van der Waals surface area contributed by atoms with Gasteiger partial charge in [-0.25, -0.2) is 0 Å². The van der Waals surface area contributed by atoms with E-state index in [1.54, 1.807) is 0 Å². The van der Waals surface area contributed by atoms with Crippen LogP contribution in [0.25, 0.3) is 0 Å². The Morgan fingerprint density at radius 1 is 1.19 bits per heavy atom. The lowest BCUT2D eigenvalue weighted by Crippen LogP contribution is -2.20. The average molecular weight is 321 g/mol. The minimum absolute atomic E-state index is 0.0627. The Labute approximate surface area is 128 Å². The van der Waals surface area contributed by atoms with E-state index >= 15 is 0 Å². The van der Waals surface area contributed by atoms with E-state index in [-0.39, 0.29) is 5.38 Å². The molecule has 0 spiro atoms. The Kier molecular flexibility index (Phi) is 5.94. The van der Waals surface area contributed by atoms with Crippen LogP contribution in [0.2, 0.25) is 0 Å². The molecule has 0 amide bonds. The van der Waals surface area contributed by atoms with Gasteiger partial charge >= 0.3 is 6.18 Å². The van der Waals surface area contributed by atoms with Crippen molar-refractivity contribution in [1.82, 2.24) is 0 Å². The topological polar surface area (TPSA) is 9.23 Å². The second kappa shape index (κ2) is 7.50. The lowest BCUT2D eigenvalue weighted by molar-refractivity contribution is -0.137. The third-order valence-electron chi connectivity index (χ3n) is 3.81. The molecule has 1 heterocycles. The van der Waals surface area contributed by atoms with E-state index in [1.165, 1.54) is 18.6 Å². The van der Waals surface area contributed by atoms with Gasteiger partial charge in [-0.2, -0.15) is 13.2 Å². The fourth-order valence-electron chi connectivity index (χ4n) is 2.59. The zero-order valence-electron chi connectivity index (χ0n) is 11.8. The summed E-state index contributed by atoms with van der Waals surface area (Å²) >= 11 is 6.29. The van der Waals surface area contributed by atoms with E-state index < -0.39 is 11.7 Å². The first-order chi connectivity index (χ1) is 9.95. The second-order valence-corrected chi connectivity index (χ2v) is 6.18. The first kappa shape index (κ1) is 16.6. The molecule has 0 aliphatic carbocycles. The van der Waals surface area contributed by atoms with Crippen molar-refractivity contribution < 1.29 is 17.9 Å². The van der Waals surface area contributed by atoms with Crippen LogP contribution in [-0.4, -0.2) is 18.1 Å². The zero-order valence-corrected chi connectivity index (χ0v) is 12.6. The highest BCUT2D eigenvalue weighted by molar-refractivity contribution is 6.20. The fourth-order valence-corrected chi connectivity index (χ4v) is 2.89. The second-order valence-electron chi connectivity index (χ2n) is 5.56. The molecule has 0 radical (unpaired) electrons. The lowest BCUT2D eigenvalue weighted by Gasteiger charge is -2.23. The van der Waals surface area contributed by atoms with Gasteiger partial charge in [0.25, 0.3) is 0 Å². The first-order valence-electron chi connectivity index (χ1n) is 7.37. The van der Waals surface area contributed by atoms with Crippen LogP contribution in [0.4, 0.5) is 13.2 Å². The molecule has 0 saturated carbocycles. The first-order valence-corrected chi connectivity index (χ1v) is 7.80. The summed E-state index contributed by atoms with van der Waals surface area (Å²) in [6.45, 7) is 0.830. The molecule has 0 aromatic heterocycles. The summed E-state index contributed by atoms with van der Waals surface area (Å²) < 4.78 is 43.1. The highest BCUT2D eigenvalue weighted by Crippen LogP contribution is 2.29. The van der Waals surface area contributed by atoms with Gasteiger partial charge in [-0.05, 0) is 56.2 Å². The third-order valence-corrected chi connectivity index (χ3v) is 4.19. The van der Waals surface area contributed by atoms with Gasteiger partial charge in [-0.15, -0.1) is 11.6 Å². The quantitative estimate of drug-likeness (QED) is 0.677. The fraction of sp³-hybridized carbons (Fsp3) is 0.625. The molecule has 1 saturated heterocycles. The van der Waals surface area contributed by atoms with E-state index in [4.69, 9.17) is 16.3 Å². The Morgan fingerprint density at radius 2 is 1.90 bits per heavy atom. The van der Waals surface area contributed by atoms with Crippen LogP contribution in [0.1, 0.15) is 43.2 Å². The smallest absolute Gasteiger partial charge is 0.378 e. The summed E-state index contributed by atoms with van der Waals surface area (Å²) in [5.41, 5.74) is 0.223. The van der Waals surface area contributed by atoms with Crippen molar-refractivity contribution in [3.05, 3.63) is 35.4 Å². The van der Waals surface area contributed by atoms with Gasteiger partial charge in [0.15, 0.2) is 0 Å². The van der Waals surface area contributed by atoms with Crippen molar-refractivity contribution in [2.24, 2.45) is 0 Å². The molecule has 2 atom stereocenters. The van der Waals surface area contributed by atoms with Crippen LogP contribution < -0.4 is 0 Å². The Balaban J connectivity index is 1.78. The van der Waals surface area contributed by atoms with E-state index in [2.05, 4.69) is 0 Å². The Bertz CT molecular complexity index is 424. The standard InChI is InChI=1S/C16H20ClF3O/c17-14(8-9-15-3-1-2-10-21-15)11-12-4-6-13(7-5-12)16(18,19)20/h4-7,14-15H,1-3,8-11H2. The maximum Gasteiger partial charge on any atom is 0.416 e. The minimum Gasteiger partial charge on any atom is -0.378 e. The summed E-state index contributed by atoms with van der Waals surface area (Å²) in [5.74, 6) is 0. The number of halogens is 4. The summed E-state index contributed by atoms with van der Waals surface area (Å²) in [6.07, 6.45) is 1.78. The number of hydrogen-bond donors (Lipinski definition) is 0. The van der Waals surface area contributed by atoms with E-state index in [1.807, 2.05) is 0 Å². The van der Waals surface area contributed by atoms with Crippen molar-refractivity contribution in [1.29, 1.82) is 0 Å². The predicted octanol–water partition coefficient (Wildman–Crippen LogP) is 5.20. The molecule has 118 valence electrons. The molecule has 0 bridgehead atoms. The van der Waals surface area contributed by atoms with Crippen LogP contribution in [0, 0.1) is 0 Å². The Hall–Kier alpha value is -0.740. The molecule has 0 N–H and O–H groups in total. The van der Waals surface area contributed by atoms with E-state index in [0.717, 1.165) is 50.0 Å². The normalized spacial score (nSPS) is 21.2. The summed E-state index contributed by atoms with van der Waals surface area (Å²) in [5, 5.41) is -0.0627. The van der Waals surface area contributed by atoms with Crippen LogP contribution in [0.5, 0.6) is 0 Å². The van der Waals surface area contributed by atoms with Crippen LogP contribution >= 0.6 is 11.6 Å². The van der Waals surface area contributed by atoms with Crippen LogP contribution in [0.3, 0.4) is 0 Å². The van der Waals surface area contributed by atoms with Crippen molar-refractivity contribution in [3.63, 3.8) is 0 Å². The zero-order chi connectivity index (χ0) is 15.3. The monoisotopic (exact) mass is 320 g/mol. The molecule has 1 fully saturated rings. The molecule has 2 rings (SSSR count). The number of hydrogen-bond acceptors (Lipinski definition) is 1. The van der Waals surface area contributed by atoms with Gasteiger partial charge in [0.2, 0.25) is 0 Å². The molecule has 1 aliphatic rings. The average Bonchev–Trinajstić information content (AvgIpc) is 2.46. The highest BCUT2D eigenvalue weighted by Gasteiger charge is 2.30. The van der Waals surface area contributed by atoms with E-state index in [0.29, 0.717) is 12.5 Å². The molecule has 2 unspecified atom stereocenters. The van der Waals surface area contributed by atoms with Gasteiger partial charge in [0.05, 0.1) is 11.7 Å². The largest absolute Gasteiger partial charge is 0.416 e. The third kappa shape index (κ3) is 5.51. The van der Waals surface area contributed by atoms with Gasteiger partial charge < -0.3 is 4.74 Å². The van der Waals surface area contributed by atoms with Crippen LogP contribution in [-0.2, 0) is 17.3 Å². The molecule has 5 heteroatoms. The molecule has 1 aromatic carbocycles. The molecule has 1 aliphatic heterocycles. The van der Waals surface area contributed by atoms with Crippen molar-refractivity contribution in [3.8, 4) is 0 Å². The maximum absolute atomic E-state index is 12.5. The number of rotatable bonds is 5. The summed E-state index contributed by atoms with van der Waals surface area (Å²) in [4.78, 5) is 0. The summed E-state index contributed by atoms with van der Waals surface area (Å²) in [6, 6.07) is 5.25. The lowest BCUT2D eigenvalue weighted by atomic mass is 10.0. The molecule has 1 nitrogen and oxygen atoms in total. The van der Waals surface area contributed by atoms with E-state index in [9.17, 15) is 13.2 Å². The van der Waals surface area contributed by atoms with Gasteiger partial charge in [-0.3, -0.25) is 0 Å². The highest BCUT2D eigenvalue weighted by atomic mass is 35.5. The molecular weight excluding hydrogens is 301 g/mol. The van der Waals surface area contributed by atoms with Crippen LogP contribution in [0.15, 0.2) is 24.3 Å². The SMILES string of the molecule is FC(F)(F)c1ccc(CC(Cl)CCC2CCCCO2)cc1. The van der Waals surface area contributed by atoms with Crippen molar-refractivity contribution in [2.75, 3.05) is 6.61 Å². The predicted molar refractivity (Wildman–Crippen MR) is 77.6 cm³/mol. The molecular formula is C16H20ClF3O. The van der Waals surface area contributed by atoms with Crippen molar-refractivity contribution >= 4 is 11.6 Å². The van der Waals surface area contributed by atoms with Gasteiger partial charge in [-0.1, -0.05) is 12.1 Å². The van der Waals surface area contributed by atoms with Gasteiger partial charge in [0.1, 0.15) is 0 Å².